The third-order valence-electron chi connectivity index (χ3n) is 5.44. The highest BCUT2D eigenvalue weighted by Gasteiger charge is 2.37. The number of carbonyl (C=O) groups is 3. The number of anilines is 1. The predicted molar refractivity (Wildman–Crippen MR) is 124 cm³/mol. The monoisotopic (exact) mass is 524 g/mol. The Hall–Kier alpha value is -3.48. The first kappa shape index (κ1) is 25.6. The largest absolute Gasteiger partial charge is 0.462 e. The number of rotatable bonds is 8. The summed E-state index contributed by atoms with van der Waals surface area (Å²) in [6.45, 7) is 5.18. The van der Waals surface area contributed by atoms with E-state index < -0.39 is 29.7 Å². The summed E-state index contributed by atoms with van der Waals surface area (Å²) in [6, 6.07) is 2.10. The van der Waals surface area contributed by atoms with Crippen LogP contribution in [0.25, 0.3) is 5.65 Å². The molecule has 1 aliphatic rings. The van der Waals surface area contributed by atoms with Gasteiger partial charge in [-0.05, 0) is 44.7 Å². The lowest BCUT2D eigenvalue weighted by Gasteiger charge is -2.10. The van der Waals surface area contributed by atoms with Crippen LogP contribution in [0.5, 0.6) is 0 Å². The van der Waals surface area contributed by atoms with E-state index in [4.69, 9.17) is 9.47 Å². The van der Waals surface area contributed by atoms with Gasteiger partial charge < -0.3 is 14.8 Å². The number of thiophene rings is 1. The second-order valence-electron chi connectivity index (χ2n) is 8.21. The molecule has 0 aromatic carbocycles. The number of halogens is 3. The molecular weight excluding hydrogens is 501 g/mol. The van der Waals surface area contributed by atoms with E-state index in [1.165, 1.54) is 6.92 Å². The van der Waals surface area contributed by atoms with Crippen molar-refractivity contribution in [3.63, 3.8) is 0 Å². The van der Waals surface area contributed by atoms with Crippen LogP contribution in [0.1, 0.15) is 86.5 Å². The van der Waals surface area contributed by atoms with Gasteiger partial charge in [-0.3, -0.25) is 4.79 Å². The Kier molecular flexibility index (Phi) is 7.03. The SMILES string of the molecule is CCCOC(=O)c1c(NC(=O)c2cc3nc(C4CC4)cc(C(F)(F)F)n3n2)sc(C(=O)OCC)c1C. The standard InChI is InChI=1S/C23H23F3N4O5S/c1-4-8-35-21(32)17-11(3)18(22(33)34-5-2)36-20(17)28-19(31)14-10-16-27-13(12-6-7-12)9-15(23(24,25)26)30(16)29-14/h9-10,12H,4-8H2,1-3H3,(H,28,31). The fourth-order valence-corrected chi connectivity index (χ4v) is 4.65. The molecule has 0 saturated heterocycles. The first-order valence-electron chi connectivity index (χ1n) is 11.3. The van der Waals surface area contributed by atoms with Crippen molar-refractivity contribution in [3.05, 3.63) is 45.2 Å². The van der Waals surface area contributed by atoms with Crippen molar-refractivity contribution in [1.29, 1.82) is 0 Å². The molecule has 1 amide bonds. The minimum Gasteiger partial charge on any atom is -0.462 e. The summed E-state index contributed by atoms with van der Waals surface area (Å²) < 4.78 is 51.9. The van der Waals surface area contributed by atoms with Gasteiger partial charge in [-0.25, -0.2) is 19.1 Å². The summed E-state index contributed by atoms with van der Waals surface area (Å²) in [7, 11) is 0. The highest BCUT2D eigenvalue weighted by atomic mass is 32.1. The van der Waals surface area contributed by atoms with E-state index in [0.29, 0.717) is 16.6 Å². The molecule has 9 nitrogen and oxygen atoms in total. The Bertz CT molecular complexity index is 1340. The Morgan fingerprint density at radius 3 is 2.50 bits per heavy atom. The van der Waals surface area contributed by atoms with Crippen LogP contribution in [0, 0.1) is 6.92 Å². The van der Waals surface area contributed by atoms with Crippen molar-refractivity contribution >= 4 is 39.8 Å². The number of hydrogen-bond donors (Lipinski definition) is 1. The maximum absolute atomic E-state index is 13.7. The van der Waals surface area contributed by atoms with Gasteiger partial charge in [-0.2, -0.15) is 18.3 Å². The van der Waals surface area contributed by atoms with Crippen LogP contribution in [0.15, 0.2) is 12.1 Å². The molecule has 0 atom stereocenters. The third-order valence-corrected chi connectivity index (χ3v) is 6.63. The number of amides is 1. The first-order chi connectivity index (χ1) is 17.0. The van der Waals surface area contributed by atoms with Crippen LogP contribution < -0.4 is 5.32 Å². The molecule has 0 spiro atoms. The van der Waals surface area contributed by atoms with Gasteiger partial charge in [-0.1, -0.05) is 6.92 Å². The molecule has 0 bridgehead atoms. The van der Waals surface area contributed by atoms with Crippen molar-refractivity contribution in [2.24, 2.45) is 0 Å². The molecule has 1 aliphatic carbocycles. The quantitative estimate of drug-likeness (QED) is 0.413. The third kappa shape index (κ3) is 5.06. The molecule has 0 unspecified atom stereocenters. The molecular formula is C23H23F3N4O5S. The summed E-state index contributed by atoms with van der Waals surface area (Å²) in [6.07, 6.45) is -2.65. The summed E-state index contributed by atoms with van der Waals surface area (Å²) in [4.78, 5) is 42.4. The minimum absolute atomic E-state index is 0.00128. The predicted octanol–water partition coefficient (Wildman–Crippen LogP) is 4.99. The Morgan fingerprint density at radius 1 is 1.17 bits per heavy atom. The second kappa shape index (κ2) is 9.88. The Morgan fingerprint density at radius 2 is 1.89 bits per heavy atom. The molecule has 1 N–H and O–H groups in total. The average Bonchev–Trinajstić information content (AvgIpc) is 3.49. The van der Waals surface area contributed by atoms with Crippen LogP contribution in [0.3, 0.4) is 0 Å². The normalized spacial score (nSPS) is 13.6. The molecule has 13 heteroatoms. The van der Waals surface area contributed by atoms with Crippen molar-refractivity contribution < 1.29 is 37.0 Å². The maximum atomic E-state index is 13.7. The number of nitrogens with one attached hydrogen (secondary N) is 1. The number of nitrogens with zero attached hydrogens (tertiary/aromatic N) is 3. The number of hydrogen-bond acceptors (Lipinski definition) is 8. The summed E-state index contributed by atoms with van der Waals surface area (Å²) >= 11 is 0.810. The van der Waals surface area contributed by atoms with Gasteiger partial charge in [-0.15, -0.1) is 11.3 Å². The molecule has 1 saturated carbocycles. The number of fused-ring (bicyclic) bond motifs is 1. The van der Waals surface area contributed by atoms with Gasteiger partial charge in [0.05, 0.1) is 18.8 Å². The fraction of sp³-hybridized carbons (Fsp3) is 0.435. The fourth-order valence-electron chi connectivity index (χ4n) is 3.57. The molecule has 1 fully saturated rings. The second-order valence-corrected chi connectivity index (χ2v) is 9.23. The van der Waals surface area contributed by atoms with Crippen LogP contribution in [-0.2, 0) is 15.7 Å². The highest BCUT2D eigenvalue weighted by Crippen LogP contribution is 2.41. The number of aromatic nitrogens is 3. The smallest absolute Gasteiger partial charge is 0.433 e. The molecule has 192 valence electrons. The number of ether oxygens (including phenoxy) is 2. The zero-order chi connectivity index (χ0) is 26.2. The summed E-state index contributed by atoms with van der Waals surface area (Å²) in [5.74, 6) is -2.34. The van der Waals surface area contributed by atoms with E-state index in [2.05, 4.69) is 15.4 Å². The lowest BCUT2D eigenvalue weighted by Crippen LogP contribution is -2.17. The average molecular weight is 525 g/mol. The molecule has 3 aromatic heterocycles. The topological polar surface area (TPSA) is 112 Å². The van der Waals surface area contributed by atoms with E-state index in [1.807, 2.05) is 6.92 Å². The van der Waals surface area contributed by atoms with Crippen LogP contribution in [0.4, 0.5) is 18.2 Å². The van der Waals surface area contributed by atoms with Crippen LogP contribution in [-0.4, -0.2) is 45.7 Å². The molecule has 36 heavy (non-hydrogen) atoms. The van der Waals surface area contributed by atoms with Gasteiger partial charge in [0.15, 0.2) is 11.3 Å². The molecule has 3 aromatic rings. The van der Waals surface area contributed by atoms with Crippen LogP contribution >= 0.6 is 11.3 Å². The van der Waals surface area contributed by atoms with Gasteiger partial charge in [0.1, 0.15) is 15.6 Å². The zero-order valence-electron chi connectivity index (χ0n) is 19.7. The number of esters is 2. The summed E-state index contributed by atoms with van der Waals surface area (Å²) in [5, 5.41) is 6.33. The van der Waals surface area contributed by atoms with Gasteiger partial charge >= 0.3 is 18.1 Å². The Balaban J connectivity index is 1.71. The van der Waals surface area contributed by atoms with E-state index in [1.54, 1.807) is 6.92 Å². The van der Waals surface area contributed by atoms with Crippen molar-refractivity contribution in [1.82, 2.24) is 14.6 Å². The Labute approximate surface area is 207 Å². The van der Waals surface area contributed by atoms with Crippen molar-refractivity contribution in [3.8, 4) is 0 Å². The van der Waals surface area contributed by atoms with E-state index in [0.717, 1.165) is 36.3 Å². The van der Waals surface area contributed by atoms with E-state index in [-0.39, 0.29) is 51.5 Å². The minimum atomic E-state index is -4.71. The van der Waals surface area contributed by atoms with Gasteiger partial charge in [0.2, 0.25) is 0 Å². The zero-order valence-corrected chi connectivity index (χ0v) is 20.5. The van der Waals surface area contributed by atoms with E-state index in [9.17, 15) is 27.6 Å². The van der Waals surface area contributed by atoms with Crippen LogP contribution in [0.2, 0.25) is 0 Å². The lowest BCUT2D eigenvalue weighted by molar-refractivity contribution is -0.142. The molecule has 0 radical (unpaired) electrons. The molecule has 4 rings (SSSR count). The van der Waals surface area contributed by atoms with E-state index >= 15 is 0 Å². The van der Waals surface area contributed by atoms with Gasteiger partial charge in [0.25, 0.3) is 5.91 Å². The maximum Gasteiger partial charge on any atom is 0.433 e. The van der Waals surface area contributed by atoms with Crippen molar-refractivity contribution in [2.75, 3.05) is 18.5 Å². The molecule has 0 aliphatic heterocycles. The van der Waals surface area contributed by atoms with Crippen molar-refractivity contribution in [2.45, 2.75) is 52.1 Å². The number of alkyl halides is 3. The molecule has 3 heterocycles. The first-order valence-corrected chi connectivity index (χ1v) is 12.1. The number of carbonyl (C=O) groups excluding carboxylic acids is 3. The summed E-state index contributed by atoms with van der Waals surface area (Å²) in [5.41, 5.74) is -0.949. The lowest BCUT2D eigenvalue weighted by atomic mass is 10.1. The van der Waals surface area contributed by atoms with Gasteiger partial charge in [0, 0.05) is 17.7 Å². The highest BCUT2D eigenvalue weighted by molar-refractivity contribution is 7.18.